The molecule has 0 fully saturated rings. The van der Waals surface area contributed by atoms with Gasteiger partial charge in [-0.15, -0.1) is 0 Å². The van der Waals surface area contributed by atoms with Crippen molar-refractivity contribution in [1.29, 1.82) is 0 Å². The monoisotopic (exact) mass is 485 g/mol. The lowest BCUT2D eigenvalue weighted by Gasteiger charge is -2.21. The molecule has 0 aliphatic carbocycles. The molecule has 3 amide bonds. The Morgan fingerprint density at radius 2 is 1.45 bits per heavy atom. The quantitative estimate of drug-likeness (QED) is 0.407. The zero-order chi connectivity index (χ0) is 24.1. The van der Waals surface area contributed by atoms with Crippen molar-refractivity contribution in [3.05, 3.63) is 82.3 Å². The van der Waals surface area contributed by atoms with Crippen LogP contribution in [0.3, 0.4) is 0 Å². The first-order valence-corrected chi connectivity index (χ1v) is 10.7. The van der Waals surface area contributed by atoms with E-state index in [1.807, 2.05) is 12.1 Å². The van der Waals surface area contributed by atoms with Crippen molar-refractivity contribution in [2.45, 2.75) is 13.0 Å². The molecular weight excluding hydrogens is 465 g/mol. The fourth-order valence-corrected chi connectivity index (χ4v) is 3.33. The van der Waals surface area contributed by atoms with Crippen molar-refractivity contribution in [2.75, 3.05) is 17.7 Å². The van der Waals surface area contributed by atoms with E-state index in [4.69, 9.17) is 28.3 Å². The van der Waals surface area contributed by atoms with Crippen molar-refractivity contribution < 1.29 is 19.5 Å². The van der Waals surface area contributed by atoms with Gasteiger partial charge in [-0.25, -0.2) is 9.59 Å². The number of amides is 3. The predicted molar refractivity (Wildman–Crippen MR) is 130 cm³/mol. The topological polar surface area (TPSA) is 98.7 Å². The van der Waals surface area contributed by atoms with Gasteiger partial charge in [0.25, 0.3) is 5.91 Å². The molecule has 3 aromatic carbocycles. The number of halogens is 2. The first kappa shape index (κ1) is 24.1. The number of likely N-dealkylation sites (N-methyl/N-ethyl adjacent to an activating group) is 1. The van der Waals surface area contributed by atoms with Crippen LogP contribution < -0.4 is 10.6 Å². The third-order valence-electron chi connectivity index (χ3n) is 5.07. The average molecular weight is 486 g/mol. The van der Waals surface area contributed by atoms with Gasteiger partial charge in [0.1, 0.15) is 6.04 Å². The SMILES string of the molecule is C[C@@H](C(=O)O)N(C)C(=O)c1ccc(-c2ccc(NC(=O)Nc3cccc(Cl)c3Cl)cc2)cc1. The van der Waals surface area contributed by atoms with Gasteiger partial charge >= 0.3 is 12.0 Å². The Bertz CT molecular complexity index is 1180. The third-order valence-corrected chi connectivity index (χ3v) is 5.89. The molecule has 0 heterocycles. The molecule has 3 rings (SSSR count). The fourth-order valence-electron chi connectivity index (χ4n) is 2.98. The standard InChI is InChI=1S/C24H21Cl2N3O4/c1-14(23(31)32)29(2)22(30)17-8-6-15(7-9-17)16-10-12-18(13-11-16)27-24(33)28-20-5-3-4-19(25)21(20)26/h3-14H,1-2H3,(H,31,32)(H2,27,28,33)/t14-/m0/s1. The van der Waals surface area contributed by atoms with Gasteiger partial charge in [0.2, 0.25) is 0 Å². The molecule has 33 heavy (non-hydrogen) atoms. The zero-order valence-electron chi connectivity index (χ0n) is 17.8. The largest absolute Gasteiger partial charge is 0.480 e. The summed E-state index contributed by atoms with van der Waals surface area (Å²) >= 11 is 12.0. The number of urea groups is 1. The molecule has 0 aliphatic heterocycles. The van der Waals surface area contributed by atoms with E-state index in [9.17, 15) is 14.4 Å². The Balaban J connectivity index is 1.65. The first-order chi connectivity index (χ1) is 15.7. The number of hydrogen-bond donors (Lipinski definition) is 3. The molecule has 0 saturated carbocycles. The molecular formula is C24H21Cl2N3O4. The maximum absolute atomic E-state index is 12.5. The summed E-state index contributed by atoms with van der Waals surface area (Å²) in [5, 5.41) is 15.1. The summed E-state index contributed by atoms with van der Waals surface area (Å²) in [6.07, 6.45) is 0. The lowest BCUT2D eigenvalue weighted by Crippen LogP contribution is -2.40. The Morgan fingerprint density at radius 3 is 2.03 bits per heavy atom. The number of carboxylic acids is 1. The number of carbonyl (C=O) groups excluding carboxylic acids is 2. The van der Waals surface area contributed by atoms with E-state index in [1.54, 1.807) is 54.6 Å². The van der Waals surface area contributed by atoms with Crippen molar-refractivity contribution in [3.8, 4) is 11.1 Å². The predicted octanol–water partition coefficient (Wildman–Crippen LogP) is 5.85. The van der Waals surface area contributed by atoms with E-state index in [-0.39, 0.29) is 10.9 Å². The van der Waals surface area contributed by atoms with E-state index in [0.29, 0.717) is 22.0 Å². The van der Waals surface area contributed by atoms with Gasteiger partial charge < -0.3 is 20.6 Å². The molecule has 0 radical (unpaired) electrons. The lowest BCUT2D eigenvalue weighted by molar-refractivity contribution is -0.141. The average Bonchev–Trinajstić information content (AvgIpc) is 2.81. The summed E-state index contributed by atoms with van der Waals surface area (Å²) in [7, 11) is 1.46. The smallest absolute Gasteiger partial charge is 0.326 e. The number of anilines is 2. The lowest BCUT2D eigenvalue weighted by atomic mass is 10.0. The molecule has 0 aromatic heterocycles. The van der Waals surface area contributed by atoms with Gasteiger partial charge in [-0.05, 0) is 54.4 Å². The van der Waals surface area contributed by atoms with Crippen LogP contribution in [-0.2, 0) is 4.79 Å². The van der Waals surface area contributed by atoms with E-state index < -0.39 is 18.0 Å². The van der Waals surface area contributed by atoms with Crippen LogP contribution in [0, 0.1) is 0 Å². The minimum Gasteiger partial charge on any atom is -0.480 e. The maximum Gasteiger partial charge on any atom is 0.326 e. The number of hydrogen-bond acceptors (Lipinski definition) is 3. The van der Waals surface area contributed by atoms with Gasteiger partial charge in [0.15, 0.2) is 0 Å². The summed E-state index contributed by atoms with van der Waals surface area (Å²) in [6, 6.07) is 17.6. The minimum atomic E-state index is -1.07. The second kappa shape index (κ2) is 10.4. The third kappa shape index (κ3) is 5.83. The molecule has 170 valence electrons. The summed E-state index contributed by atoms with van der Waals surface area (Å²) in [5.41, 5.74) is 3.11. The van der Waals surface area contributed by atoms with Gasteiger partial charge in [-0.3, -0.25) is 4.79 Å². The fraction of sp³-hybridized carbons (Fsp3) is 0.125. The van der Waals surface area contributed by atoms with Crippen molar-refractivity contribution in [2.24, 2.45) is 0 Å². The second-order valence-electron chi connectivity index (χ2n) is 7.27. The van der Waals surface area contributed by atoms with Crippen LogP contribution in [0.1, 0.15) is 17.3 Å². The van der Waals surface area contributed by atoms with Crippen LogP contribution >= 0.6 is 23.2 Å². The van der Waals surface area contributed by atoms with Gasteiger partial charge in [-0.2, -0.15) is 0 Å². The molecule has 7 nitrogen and oxygen atoms in total. The van der Waals surface area contributed by atoms with Gasteiger partial charge in [0.05, 0.1) is 15.7 Å². The molecule has 0 aliphatic rings. The highest BCUT2D eigenvalue weighted by molar-refractivity contribution is 6.44. The van der Waals surface area contributed by atoms with Crippen LogP contribution in [0.15, 0.2) is 66.7 Å². The van der Waals surface area contributed by atoms with Gasteiger partial charge in [-0.1, -0.05) is 53.5 Å². The number of aliphatic carboxylic acids is 1. The molecule has 1 atom stereocenters. The van der Waals surface area contributed by atoms with Crippen LogP contribution in [0.4, 0.5) is 16.2 Å². The Hall–Kier alpha value is -3.55. The molecule has 0 spiro atoms. The number of nitrogens with zero attached hydrogens (tertiary/aromatic N) is 1. The second-order valence-corrected chi connectivity index (χ2v) is 8.05. The van der Waals surface area contributed by atoms with E-state index in [0.717, 1.165) is 11.1 Å². The van der Waals surface area contributed by atoms with Crippen molar-refractivity contribution in [1.82, 2.24) is 4.90 Å². The highest BCUT2D eigenvalue weighted by Gasteiger charge is 2.22. The Morgan fingerprint density at radius 1 is 0.879 bits per heavy atom. The molecule has 3 aromatic rings. The van der Waals surface area contributed by atoms with Crippen LogP contribution in [-0.4, -0.2) is 41.0 Å². The normalized spacial score (nSPS) is 11.4. The number of benzene rings is 3. The van der Waals surface area contributed by atoms with Gasteiger partial charge in [0, 0.05) is 18.3 Å². The van der Waals surface area contributed by atoms with Crippen LogP contribution in [0.25, 0.3) is 11.1 Å². The van der Waals surface area contributed by atoms with Crippen molar-refractivity contribution >= 4 is 52.5 Å². The van der Waals surface area contributed by atoms with Crippen molar-refractivity contribution in [3.63, 3.8) is 0 Å². The van der Waals surface area contributed by atoms with E-state index in [2.05, 4.69) is 10.6 Å². The minimum absolute atomic E-state index is 0.259. The Kier molecular flexibility index (Phi) is 7.58. The number of rotatable bonds is 6. The zero-order valence-corrected chi connectivity index (χ0v) is 19.3. The summed E-state index contributed by atoms with van der Waals surface area (Å²) in [6.45, 7) is 1.45. The summed E-state index contributed by atoms with van der Waals surface area (Å²) < 4.78 is 0. The molecule has 0 saturated heterocycles. The molecule has 0 bridgehead atoms. The molecule has 0 unspecified atom stereocenters. The van der Waals surface area contributed by atoms with Crippen LogP contribution in [0.2, 0.25) is 10.0 Å². The Labute approximate surface area is 200 Å². The van der Waals surface area contributed by atoms with E-state index >= 15 is 0 Å². The van der Waals surface area contributed by atoms with Crippen LogP contribution in [0.5, 0.6) is 0 Å². The highest BCUT2D eigenvalue weighted by atomic mass is 35.5. The molecule has 3 N–H and O–H groups in total. The number of nitrogens with one attached hydrogen (secondary N) is 2. The number of carboxylic acid groups (broad SMARTS) is 1. The first-order valence-electron chi connectivity index (χ1n) is 9.90. The molecule has 9 heteroatoms. The summed E-state index contributed by atoms with van der Waals surface area (Å²) in [5.74, 6) is -1.44. The number of carbonyl (C=O) groups is 3. The maximum atomic E-state index is 12.5. The summed E-state index contributed by atoms with van der Waals surface area (Å²) in [4.78, 5) is 37.0. The van der Waals surface area contributed by atoms with E-state index in [1.165, 1.54) is 18.9 Å². The highest BCUT2D eigenvalue weighted by Crippen LogP contribution is 2.29.